The van der Waals surface area contributed by atoms with Gasteiger partial charge in [-0.15, -0.1) is 0 Å². The van der Waals surface area contributed by atoms with Gasteiger partial charge in [-0.25, -0.2) is 0 Å². The first-order valence-electron chi connectivity index (χ1n) is 11.5. The van der Waals surface area contributed by atoms with Crippen molar-refractivity contribution in [2.75, 3.05) is 6.61 Å². The lowest BCUT2D eigenvalue weighted by atomic mass is 10.1. The Balaban J connectivity index is 1.62. The molecule has 0 fully saturated rings. The van der Waals surface area contributed by atoms with Gasteiger partial charge in [0.2, 0.25) is 0 Å². The van der Waals surface area contributed by atoms with Crippen molar-refractivity contribution in [3.8, 4) is 5.75 Å². The maximum Gasteiger partial charge on any atom is 0.253 e. The van der Waals surface area contributed by atoms with Crippen molar-refractivity contribution >= 4 is 28.2 Å². The summed E-state index contributed by atoms with van der Waals surface area (Å²) in [6.07, 6.45) is 0. The quantitative estimate of drug-likeness (QED) is 0.329. The molecule has 4 aromatic rings. The lowest BCUT2D eigenvalue weighted by molar-refractivity contribution is 0.340. The second-order valence-electron chi connectivity index (χ2n) is 8.23. The summed E-state index contributed by atoms with van der Waals surface area (Å²) < 4.78 is 5.63. The number of fused-ring (bicyclic) bond motifs is 1. The Bertz CT molecular complexity index is 1310. The Kier molecular flexibility index (Phi) is 7.60. The van der Waals surface area contributed by atoms with Crippen LogP contribution in [0.5, 0.6) is 5.75 Å². The summed E-state index contributed by atoms with van der Waals surface area (Å²) in [4.78, 5) is 18.0. The third kappa shape index (κ3) is 5.83. The highest BCUT2D eigenvalue weighted by molar-refractivity contribution is 7.80. The highest BCUT2D eigenvalue weighted by atomic mass is 32.1. The third-order valence-electron chi connectivity index (χ3n) is 5.71. The molecule has 0 aliphatic rings. The fourth-order valence-corrected chi connectivity index (χ4v) is 4.22. The molecule has 1 aromatic heterocycles. The molecule has 5 nitrogen and oxygen atoms in total. The molecular weight excluding hydrogens is 442 g/mol. The molecule has 2 N–H and O–H groups in total. The number of thiocarbonyl (C=S) groups is 1. The normalized spacial score (nSPS) is 11.7. The Hall–Kier alpha value is -3.64. The van der Waals surface area contributed by atoms with Crippen molar-refractivity contribution < 1.29 is 4.74 Å². The SMILES string of the molecule is CCOc1ccc2[nH]c(=O)c(CN(Cc3ccccc3)C(=S)N[C@H](C)c3ccccc3)cc2c1. The van der Waals surface area contributed by atoms with E-state index in [4.69, 9.17) is 17.0 Å². The van der Waals surface area contributed by atoms with Gasteiger partial charge in [-0.05, 0) is 61.5 Å². The topological polar surface area (TPSA) is 57.4 Å². The molecule has 6 heteroatoms. The predicted octanol–water partition coefficient (Wildman–Crippen LogP) is 5.56. The highest BCUT2D eigenvalue weighted by Crippen LogP contribution is 2.20. The molecule has 0 amide bonds. The van der Waals surface area contributed by atoms with Crippen LogP contribution >= 0.6 is 12.2 Å². The van der Waals surface area contributed by atoms with E-state index in [2.05, 4.69) is 41.5 Å². The van der Waals surface area contributed by atoms with Crippen molar-refractivity contribution in [3.05, 3.63) is 112 Å². The average molecular weight is 472 g/mol. The molecule has 34 heavy (non-hydrogen) atoms. The summed E-state index contributed by atoms with van der Waals surface area (Å²) in [5.41, 5.74) is 3.58. The van der Waals surface area contributed by atoms with E-state index in [1.807, 2.05) is 72.5 Å². The van der Waals surface area contributed by atoms with Gasteiger partial charge < -0.3 is 19.9 Å². The minimum Gasteiger partial charge on any atom is -0.494 e. The number of hydrogen-bond acceptors (Lipinski definition) is 3. The van der Waals surface area contributed by atoms with Gasteiger partial charge in [0.15, 0.2) is 5.11 Å². The number of hydrogen-bond donors (Lipinski definition) is 2. The summed E-state index contributed by atoms with van der Waals surface area (Å²) in [5.74, 6) is 0.781. The molecule has 0 saturated carbocycles. The first-order valence-corrected chi connectivity index (χ1v) is 11.9. The number of aromatic amines is 1. The molecule has 0 saturated heterocycles. The van der Waals surface area contributed by atoms with E-state index in [1.165, 1.54) is 0 Å². The van der Waals surface area contributed by atoms with Crippen LogP contribution < -0.4 is 15.6 Å². The lowest BCUT2D eigenvalue weighted by Gasteiger charge is -2.28. The number of H-pyrrole nitrogens is 1. The summed E-state index contributed by atoms with van der Waals surface area (Å²) >= 11 is 5.83. The molecule has 4 rings (SSSR count). The first-order chi connectivity index (χ1) is 16.5. The average Bonchev–Trinajstić information content (AvgIpc) is 2.85. The molecular formula is C28H29N3O2S. The number of nitrogens with one attached hydrogen (secondary N) is 2. The molecule has 174 valence electrons. The number of pyridine rings is 1. The maximum absolute atomic E-state index is 12.9. The maximum atomic E-state index is 12.9. The van der Waals surface area contributed by atoms with Crippen molar-refractivity contribution in [3.63, 3.8) is 0 Å². The van der Waals surface area contributed by atoms with Crippen molar-refractivity contribution in [2.24, 2.45) is 0 Å². The van der Waals surface area contributed by atoms with E-state index in [0.29, 0.717) is 30.4 Å². The zero-order valence-electron chi connectivity index (χ0n) is 19.5. The fraction of sp³-hybridized carbons (Fsp3) is 0.214. The Morgan fingerprint density at radius 2 is 1.71 bits per heavy atom. The highest BCUT2D eigenvalue weighted by Gasteiger charge is 2.16. The lowest BCUT2D eigenvalue weighted by Crippen LogP contribution is -2.41. The van der Waals surface area contributed by atoms with Gasteiger partial charge in [0.1, 0.15) is 5.75 Å². The van der Waals surface area contributed by atoms with Crippen LogP contribution in [-0.4, -0.2) is 21.6 Å². The van der Waals surface area contributed by atoms with Gasteiger partial charge in [-0.3, -0.25) is 4.79 Å². The van der Waals surface area contributed by atoms with Crippen LogP contribution in [0.4, 0.5) is 0 Å². The minimum atomic E-state index is -0.117. The molecule has 0 radical (unpaired) electrons. The molecule has 3 aromatic carbocycles. The van der Waals surface area contributed by atoms with E-state index in [0.717, 1.165) is 27.8 Å². The molecule has 0 unspecified atom stereocenters. The number of ether oxygens (including phenoxy) is 1. The van der Waals surface area contributed by atoms with Crippen LogP contribution in [-0.2, 0) is 13.1 Å². The monoisotopic (exact) mass is 471 g/mol. The van der Waals surface area contributed by atoms with E-state index in [1.54, 1.807) is 0 Å². The van der Waals surface area contributed by atoms with Gasteiger partial charge in [0.25, 0.3) is 5.56 Å². The number of aromatic nitrogens is 1. The molecule has 0 aliphatic heterocycles. The van der Waals surface area contributed by atoms with Gasteiger partial charge in [-0.2, -0.15) is 0 Å². The molecule has 0 aliphatic carbocycles. The van der Waals surface area contributed by atoms with E-state index in [-0.39, 0.29) is 11.6 Å². The van der Waals surface area contributed by atoms with E-state index in [9.17, 15) is 4.79 Å². The Morgan fingerprint density at radius 1 is 1.00 bits per heavy atom. The summed E-state index contributed by atoms with van der Waals surface area (Å²) in [7, 11) is 0. The smallest absolute Gasteiger partial charge is 0.253 e. The minimum absolute atomic E-state index is 0.0376. The van der Waals surface area contributed by atoms with E-state index >= 15 is 0 Å². The summed E-state index contributed by atoms with van der Waals surface area (Å²) in [5, 5.41) is 4.97. The molecule has 1 heterocycles. The largest absolute Gasteiger partial charge is 0.494 e. The number of benzene rings is 3. The van der Waals surface area contributed by atoms with Crippen LogP contribution in [0, 0.1) is 0 Å². The van der Waals surface area contributed by atoms with Crippen LogP contribution in [0.1, 0.15) is 36.6 Å². The standard InChI is InChI=1S/C28H29N3O2S/c1-3-33-25-14-15-26-23(17-25)16-24(27(32)30-26)19-31(18-21-10-6-4-7-11-21)28(34)29-20(2)22-12-8-5-9-13-22/h4-17,20H,3,18-19H2,1-2H3,(H,29,34)(H,30,32)/t20-/m1/s1. The van der Waals surface area contributed by atoms with Gasteiger partial charge in [0.05, 0.1) is 19.2 Å². The Morgan fingerprint density at radius 3 is 2.41 bits per heavy atom. The molecule has 0 spiro atoms. The summed E-state index contributed by atoms with van der Waals surface area (Å²) in [6.45, 7) is 5.60. The predicted molar refractivity (Wildman–Crippen MR) is 142 cm³/mol. The van der Waals surface area contributed by atoms with Crippen LogP contribution in [0.25, 0.3) is 10.9 Å². The zero-order chi connectivity index (χ0) is 23.9. The van der Waals surface area contributed by atoms with E-state index < -0.39 is 0 Å². The van der Waals surface area contributed by atoms with Crippen molar-refractivity contribution in [1.82, 2.24) is 15.2 Å². The van der Waals surface area contributed by atoms with Crippen LogP contribution in [0.2, 0.25) is 0 Å². The number of nitrogens with zero attached hydrogens (tertiary/aromatic N) is 1. The zero-order valence-corrected chi connectivity index (χ0v) is 20.3. The van der Waals surface area contributed by atoms with Gasteiger partial charge in [0, 0.05) is 23.0 Å². The molecule has 1 atom stereocenters. The third-order valence-corrected chi connectivity index (χ3v) is 6.08. The fourth-order valence-electron chi connectivity index (χ4n) is 3.91. The first kappa shape index (κ1) is 23.5. The number of rotatable bonds is 8. The van der Waals surface area contributed by atoms with Gasteiger partial charge >= 0.3 is 0 Å². The van der Waals surface area contributed by atoms with Gasteiger partial charge in [-0.1, -0.05) is 60.7 Å². The van der Waals surface area contributed by atoms with Crippen LogP contribution in [0.3, 0.4) is 0 Å². The van der Waals surface area contributed by atoms with Crippen LogP contribution in [0.15, 0.2) is 89.7 Å². The Labute approximate surface area is 205 Å². The van der Waals surface area contributed by atoms with Crippen molar-refractivity contribution in [2.45, 2.75) is 33.0 Å². The summed E-state index contributed by atoms with van der Waals surface area (Å²) in [6, 6.07) is 28.0. The second kappa shape index (κ2) is 11.0. The second-order valence-corrected chi connectivity index (χ2v) is 8.62. The van der Waals surface area contributed by atoms with Crippen molar-refractivity contribution in [1.29, 1.82) is 0 Å². The molecule has 0 bridgehead atoms.